The van der Waals surface area contributed by atoms with Crippen molar-refractivity contribution in [3.05, 3.63) is 59.7 Å². The molecule has 1 heterocycles. The monoisotopic (exact) mass is 324 g/mol. The summed E-state index contributed by atoms with van der Waals surface area (Å²) in [5.74, 6) is 0.752. The summed E-state index contributed by atoms with van der Waals surface area (Å²) in [6, 6.07) is 15.7. The van der Waals surface area contributed by atoms with Crippen LogP contribution in [0.15, 0.2) is 48.5 Å². The molecule has 126 valence electrons. The minimum absolute atomic E-state index is 0.0180. The van der Waals surface area contributed by atoms with Gasteiger partial charge < -0.3 is 10.1 Å². The Balaban J connectivity index is 1.53. The largest absolute Gasteiger partial charge is 0.497 e. The number of ether oxygens (including phenoxy) is 1. The molecule has 4 heteroatoms. The maximum absolute atomic E-state index is 12.2. The number of likely N-dealkylation sites (tertiary alicyclic amines) is 1. The summed E-state index contributed by atoms with van der Waals surface area (Å²) >= 11 is 0. The lowest BCUT2D eigenvalue weighted by atomic mass is 10.1. The lowest BCUT2D eigenvalue weighted by molar-refractivity contribution is -0.115. The SMILES string of the molecule is COc1cccc(CC(=O)Nc2ccc(CN3CCCC3)cc2)c1. The molecule has 0 bridgehead atoms. The second-order valence-electron chi connectivity index (χ2n) is 6.26. The Labute approximate surface area is 143 Å². The average molecular weight is 324 g/mol. The number of carbonyl (C=O) groups excluding carboxylic acids is 1. The molecule has 1 aliphatic heterocycles. The standard InChI is InChI=1S/C20H24N2O2/c1-24-19-6-4-5-17(13-19)14-20(23)21-18-9-7-16(8-10-18)15-22-11-2-3-12-22/h4-10,13H,2-3,11-12,14-15H2,1H3,(H,21,23). The van der Waals surface area contributed by atoms with E-state index in [0.29, 0.717) is 6.42 Å². The van der Waals surface area contributed by atoms with Crippen LogP contribution in [0.5, 0.6) is 5.75 Å². The highest BCUT2D eigenvalue weighted by Gasteiger charge is 2.11. The van der Waals surface area contributed by atoms with Crippen molar-refractivity contribution in [2.45, 2.75) is 25.8 Å². The number of carbonyl (C=O) groups is 1. The highest BCUT2D eigenvalue weighted by Crippen LogP contribution is 2.16. The van der Waals surface area contributed by atoms with Gasteiger partial charge in [0.05, 0.1) is 13.5 Å². The molecule has 24 heavy (non-hydrogen) atoms. The zero-order valence-electron chi connectivity index (χ0n) is 14.1. The van der Waals surface area contributed by atoms with Crippen LogP contribution in [0.25, 0.3) is 0 Å². The van der Waals surface area contributed by atoms with Gasteiger partial charge in [0.15, 0.2) is 0 Å². The molecule has 4 nitrogen and oxygen atoms in total. The smallest absolute Gasteiger partial charge is 0.228 e. The topological polar surface area (TPSA) is 41.6 Å². The number of benzene rings is 2. The maximum atomic E-state index is 12.2. The third kappa shape index (κ3) is 4.59. The van der Waals surface area contributed by atoms with Gasteiger partial charge in [0.25, 0.3) is 0 Å². The van der Waals surface area contributed by atoms with E-state index in [1.165, 1.54) is 31.5 Å². The summed E-state index contributed by atoms with van der Waals surface area (Å²) in [6.45, 7) is 3.39. The Morgan fingerprint density at radius 3 is 2.54 bits per heavy atom. The van der Waals surface area contributed by atoms with E-state index < -0.39 is 0 Å². The Bertz CT molecular complexity index is 676. The summed E-state index contributed by atoms with van der Waals surface area (Å²) in [7, 11) is 1.63. The van der Waals surface area contributed by atoms with E-state index in [1.807, 2.05) is 36.4 Å². The fraction of sp³-hybridized carbons (Fsp3) is 0.350. The van der Waals surface area contributed by atoms with Crippen LogP contribution in [0.3, 0.4) is 0 Å². The van der Waals surface area contributed by atoms with Crippen molar-refractivity contribution >= 4 is 11.6 Å². The summed E-state index contributed by atoms with van der Waals surface area (Å²) in [5.41, 5.74) is 3.08. The van der Waals surface area contributed by atoms with E-state index in [4.69, 9.17) is 4.74 Å². The van der Waals surface area contributed by atoms with Crippen molar-refractivity contribution in [1.82, 2.24) is 4.90 Å². The fourth-order valence-corrected chi connectivity index (χ4v) is 3.07. The molecule has 1 amide bonds. The zero-order valence-corrected chi connectivity index (χ0v) is 14.1. The van der Waals surface area contributed by atoms with Gasteiger partial charge in [-0.1, -0.05) is 24.3 Å². The van der Waals surface area contributed by atoms with E-state index >= 15 is 0 Å². The van der Waals surface area contributed by atoms with Crippen LogP contribution in [0.4, 0.5) is 5.69 Å². The molecule has 0 spiro atoms. The summed E-state index contributed by atoms with van der Waals surface area (Å²) in [6.07, 6.45) is 2.95. The molecule has 0 atom stereocenters. The van der Waals surface area contributed by atoms with E-state index in [9.17, 15) is 4.79 Å². The predicted molar refractivity (Wildman–Crippen MR) is 96.3 cm³/mol. The molecule has 0 unspecified atom stereocenters. The molecule has 0 saturated carbocycles. The molecule has 1 N–H and O–H groups in total. The molecule has 2 aromatic rings. The van der Waals surface area contributed by atoms with Crippen molar-refractivity contribution in [2.24, 2.45) is 0 Å². The lowest BCUT2D eigenvalue weighted by Gasteiger charge is -2.14. The van der Waals surface area contributed by atoms with E-state index in [0.717, 1.165) is 23.5 Å². The van der Waals surface area contributed by atoms with Crippen molar-refractivity contribution in [3.63, 3.8) is 0 Å². The van der Waals surface area contributed by atoms with Crippen molar-refractivity contribution in [1.29, 1.82) is 0 Å². The van der Waals surface area contributed by atoms with Crippen LogP contribution >= 0.6 is 0 Å². The average Bonchev–Trinajstić information content (AvgIpc) is 3.10. The highest BCUT2D eigenvalue weighted by molar-refractivity contribution is 5.92. The van der Waals surface area contributed by atoms with Gasteiger partial charge in [-0.2, -0.15) is 0 Å². The molecule has 1 fully saturated rings. The van der Waals surface area contributed by atoms with Crippen LogP contribution in [-0.2, 0) is 17.8 Å². The first-order chi connectivity index (χ1) is 11.7. The van der Waals surface area contributed by atoms with Crippen molar-refractivity contribution in [2.75, 3.05) is 25.5 Å². The van der Waals surface area contributed by atoms with Crippen LogP contribution in [0.1, 0.15) is 24.0 Å². The van der Waals surface area contributed by atoms with Gasteiger partial charge in [0.1, 0.15) is 5.75 Å². The Morgan fingerprint density at radius 1 is 1.08 bits per heavy atom. The van der Waals surface area contributed by atoms with Gasteiger partial charge in [-0.25, -0.2) is 0 Å². The molecular formula is C20H24N2O2. The first kappa shape index (κ1) is 16.5. The maximum Gasteiger partial charge on any atom is 0.228 e. The number of rotatable bonds is 6. The quantitative estimate of drug-likeness (QED) is 0.884. The first-order valence-corrected chi connectivity index (χ1v) is 8.47. The highest BCUT2D eigenvalue weighted by atomic mass is 16.5. The van der Waals surface area contributed by atoms with Gasteiger partial charge in [0, 0.05) is 12.2 Å². The number of amides is 1. The van der Waals surface area contributed by atoms with E-state index in [2.05, 4.69) is 22.3 Å². The molecule has 1 saturated heterocycles. The Kier molecular flexibility index (Phi) is 5.49. The summed E-state index contributed by atoms with van der Waals surface area (Å²) < 4.78 is 5.19. The lowest BCUT2D eigenvalue weighted by Crippen LogP contribution is -2.18. The third-order valence-electron chi connectivity index (χ3n) is 4.34. The molecule has 2 aromatic carbocycles. The van der Waals surface area contributed by atoms with Gasteiger partial charge in [0.2, 0.25) is 5.91 Å². The molecule has 0 radical (unpaired) electrons. The van der Waals surface area contributed by atoms with Gasteiger partial charge >= 0.3 is 0 Å². The van der Waals surface area contributed by atoms with Gasteiger partial charge in [-0.05, 0) is 61.3 Å². The number of hydrogen-bond acceptors (Lipinski definition) is 3. The minimum atomic E-state index is -0.0180. The second-order valence-corrected chi connectivity index (χ2v) is 6.26. The second kappa shape index (κ2) is 7.97. The number of methoxy groups -OCH3 is 1. The van der Waals surface area contributed by atoms with E-state index in [-0.39, 0.29) is 5.91 Å². The number of hydrogen-bond donors (Lipinski definition) is 1. The molecule has 1 aliphatic rings. The normalized spacial score (nSPS) is 14.5. The van der Waals surface area contributed by atoms with Gasteiger partial charge in [-0.15, -0.1) is 0 Å². The van der Waals surface area contributed by atoms with Gasteiger partial charge in [-0.3, -0.25) is 9.69 Å². The van der Waals surface area contributed by atoms with Crippen LogP contribution in [0, 0.1) is 0 Å². The summed E-state index contributed by atoms with van der Waals surface area (Å²) in [4.78, 5) is 14.7. The molecule has 3 rings (SSSR count). The first-order valence-electron chi connectivity index (χ1n) is 8.47. The minimum Gasteiger partial charge on any atom is -0.497 e. The molecule has 0 aromatic heterocycles. The Morgan fingerprint density at radius 2 is 1.83 bits per heavy atom. The fourth-order valence-electron chi connectivity index (χ4n) is 3.07. The molecule has 0 aliphatic carbocycles. The van der Waals surface area contributed by atoms with Crippen LogP contribution < -0.4 is 10.1 Å². The zero-order chi connectivity index (χ0) is 16.8. The third-order valence-corrected chi connectivity index (χ3v) is 4.34. The van der Waals surface area contributed by atoms with Crippen molar-refractivity contribution in [3.8, 4) is 5.75 Å². The van der Waals surface area contributed by atoms with Crippen LogP contribution in [-0.4, -0.2) is 31.0 Å². The number of anilines is 1. The van der Waals surface area contributed by atoms with Crippen molar-refractivity contribution < 1.29 is 9.53 Å². The molecular weight excluding hydrogens is 300 g/mol. The number of nitrogens with zero attached hydrogens (tertiary/aromatic N) is 1. The predicted octanol–water partition coefficient (Wildman–Crippen LogP) is 3.47. The van der Waals surface area contributed by atoms with E-state index in [1.54, 1.807) is 7.11 Å². The Hall–Kier alpha value is -2.33. The number of nitrogens with one attached hydrogen (secondary N) is 1. The van der Waals surface area contributed by atoms with Crippen LogP contribution in [0.2, 0.25) is 0 Å². The summed E-state index contributed by atoms with van der Waals surface area (Å²) in [5, 5.41) is 2.96.